The maximum Gasteiger partial charge on any atom is 0.404 e. The third kappa shape index (κ3) is 5.03. The lowest BCUT2D eigenvalue weighted by atomic mass is 9.75. The lowest BCUT2D eigenvalue weighted by Gasteiger charge is -2.36. The van der Waals surface area contributed by atoms with E-state index in [0.717, 1.165) is 36.4 Å². The summed E-state index contributed by atoms with van der Waals surface area (Å²) in [5, 5.41) is 0. The molecule has 2 nitrogen and oxygen atoms in total. The van der Waals surface area contributed by atoms with Crippen molar-refractivity contribution in [2.24, 2.45) is 5.41 Å². The average molecular weight is 452 g/mol. The smallest absolute Gasteiger partial charge is 0.294 e. The van der Waals surface area contributed by atoms with Crippen molar-refractivity contribution in [1.82, 2.24) is 0 Å². The fourth-order valence-electron chi connectivity index (χ4n) is 2.79. The molecule has 0 saturated carbocycles. The molecule has 2 aromatic rings. The SMILES string of the molecule is CSc1ccc(C(=O)CC(CC(=O)c2ccc(F)cc2)(C(F)(F)F)C(F)(F)F)cc1. The second kappa shape index (κ2) is 8.79. The standard InChI is InChI=1S/C20H15F7O2S/c1-30-15-8-4-13(5-9-15)17(29)11-18(19(22,23)24,20(25,26)27)10-16(28)12-2-6-14(21)7-3-12/h2-9H,10-11H2,1H3. The fraction of sp³-hybridized carbons (Fsp3) is 0.300. The van der Waals surface area contributed by atoms with Crippen LogP contribution in [-0.4, -0.2) is 30.2 Å². The normalized spacial score (nSPS) is 12.7. The van der Waals surface area contributed by atoms with Gasteiger partial charge in [-0.25, -0.2) is 4.39 Å². The number of rotatable bonds is 7. The van der Waals surface area contributed by atoms with Crippen molar-refractivity contribution < 1.29 is 40.3 Å². The van der Waals surface area contributed by atoms with Gasteiger partial charge < -0.3 is 0 Å². The van der Waals surface area contributed by atoms with E-state index in [1.54, 1.807) is 6.26 Å². The Balaban J connectivity index is 2.45. The number of ketones is 2. The Labute approximate surface area is 171 Å². The topological polar surface area (TPSA) is 34.1 Å². The van der Waals surface area contributed by atoms with E-state index < -0.39 is 53.6 Å². The third-order valence-corrected chi connectivity index (χ3v) is 5.33. The first-order chi connectivity index (χ1) is 13.8. The first-order valence-corrected chi connectivity index (χ1v) is 9.63. The zero-order valence-electron chi connectivity index (χ0n) is 15.4. The highest BCUT2D eigenvalue weighted by Crippen LogP contribution is 2.55. The Morgan fingerprint density at radius 2 is 1.10 bits per heavy atom. The van der Waals surface area contributed by atoms with E-state index in [0.29, 0.717) is 4.90 Å². The number of halogens is 7. The molecule has 0 unspecified atom stereocenters. The molecule has 0 N–H and O–H groups in total. The van der Waals surface area contributed by atoms with E-state index in [1.807, 2.05) is 0 Å². The van der Waals surface area contributed by atoms with Gasteiger partial charge in [0.25, 0.3) is 0 Å². The van der Waals surface area contributed by atoms with Crippen LogP contribution >= 0.6 is 11.8 Å². The van der Waals surface area contributed by atoms with Gasteiger partial charge in [0, 0.05) is 28.9 Å². The molecule has 0 spiro atoms. The number of benzene rings is 2. The molecule has 0 aromatic heterocycles. The molecule has 2 aromatic carbocycles. The molecule has 0 heterocycles. The van der Waals surface area contributed by atoms with E-state index in [1.165, 1.54) is 23.9 Å². The first kappa shape index (κ1) is 23.9. The number of thioether (sulfide) groups is 1. The molecule has 0 atom stereocenters. The van der Waals surface area contributed by atoms with Gasteiger partial charge >= 0.3 is 12.4 Å². The molecule has 0 aliphatic carbocycles. The molecular weight excluding hydrogens is 437 g/mol. The summed E-state index contributed by atoms with van der Waals surface area (Å²) in [4.78, 5) is 25.2. The molecule has 0 fully saturated rings. The molecule has 0 radical (unpaired) electrons. The number of alkyl halides is 6. The minimum atomic E-state index is -5.93. The molecule has 30 heavy (non-hydrogen) atoms. The predicted molar refractivity (Wildman–Crippen MR) is 97.1 cm³/mol. The highest BCUT2D eigenvalue weighted by Gasteiger charge is 2.71. The van der Waals surface area contributed by atoms with Gasteiger partial charge in [0.05, 0.1) is 0 Å². The Bertz CT molecular complexity index is 887. The van der Waals surface area contributed by atoms with E-state index in [4.69, 9.17) is 0 Å². The highest BCUT2D eigenvalue weighted by molar-refractivity contribution is 7.98. The van der Waals surface area contributed by atoms with E-state index in [9.17, 15) is 40.3 Å². The molecule has 2 rings (SSSR count). The monoisotopic (exact) mass is 452 g/mol. The van der Waals surface area contributed by atoms with Crippen LogP contribution in [0.5, 0.6) is 0 Å². The highest BCUT2D eigenvalue weighted by atomic mass is 32.2. The molecular formula is C20H15F7O2S. The minimum absolute atomic E-state index is 0.333. The van der Waals surface area contributed by atoms with E-state index >= 15 is 0 Å². The summed E-state index contributed by atoms with van der Waals surface area (Å²) < 4.78 is 95.3. The summed E-state index contributed by atoms with van der Waals surface area (Å²) in [7, 11) is 0. The van der Waals surface area contributed by atoms with Crippen LogP contribution in [-0.2, 0) is 0 Å². The van der Waals surface area contributed by atoms with Crippen LogP contribution in [0.4, 0.5) is 30.7 Å². The lowest BCUT2D eigenvalue weighted by molar-refractivity contribution is -0.337. The predicted octanol–water partition coefficient (Wildman–Crippen LogP) is 6.50. The van der Waals surface area contributed by atoms with Gasteiger partial charge in [0.2, 0.25) is 0 Å². The van der Waals surface area contributed by atoms with Gasteiger partial charge in [-0.3, -0.25) is 9.59 Å². The third-order valence-electron chi connectivity index (χ3n) is 4.59. The van der Waals surface area contributed by atoms with Crippen molar-refractivity contribution in [3.05, 3.63) is 65.5 Å². The minimum Gasteiger partial charge on any atom is -0.294 e. The Morgan fingerprint density at radius 3 is 1.43 bits per heavy atom. The average Bonchev–Trinajstić information content (AvgIpc) is 2.66. The summed E-state index contributed by atoms with van der Waals surface area (Å²) in [5.74, 6) is -3.72. The van der Waals surface area contributed by atoms with Crippen molar-refractivity contribution in [3.63, 3.8) is 0 Å². The molecule has 10 heteroatoms. The van der Waals surface area contributed by atoms with Crippen molar-refractivity contribution in [3.8, 4) is 0 Å². The molecule has 0 amide bonds. The van der Waals surface area contributed by atoms with Crippen LogP contribution in [0.2, 0.25) is 0 Å². The van der Waals surface area contributed by atoms with E-state index in [-0.39, 0.29) is 5.56 Å². The first-order valence-electron chi connectivity index (χ1n) is 8.40. The van der Waals surface area contributed by atoms with Gasteiger partial charge in [0.15, 0.2) is 17.0 Å². The summed E-state index contributed by atoms with van der Waals surface area (Å²) in [6.07, 6.45) is -14.2. The van der Waals surface area contributed by atoms with Gasteiger partial charge in [-0.2, -0.15) is 26.3 Å². The second-order valence-electron chi connectivity index (χ2n) is 6.51. The van der Waals surface area contributed by atoms with Crippen LogP contribution in [0.1, 0.15) is 33.6 Å². The van der Waals surface area contributed by atoms with Crippen LogP contribution < -0.4 is 0 Å². The number of carbonyl (C=O) groups excluding carboxylic acids is 2. The maximum absolute atomic E-state index is 13.7. The number of hydrogen-bond acceptors (Lipinski definition) is 3. The van der Waals surface area contributed by atoms with Crippen molar-refractivity contribution in [2.45, 2.75) is 30.1 Å². The summed E-state index contributed by atoms with van der Waals surface area (Å²) in [5.41, 5.74) is -5.44. The van der Waals surface area contributed by atoms with Crippen LogP contribution in [0.3, 0.4) is 0 Å². The molecule has 0 bridgehead atoms. The second-order valence-corrected chi connectivity index (χ2v) is 7.39. The molecule has 162 valence electrons. The zero-order valence-corrected chi connectivity index (χ0v) is 16.2. The Kier molecular flexibility index (Phi) is 7.01. The van der Waals surface area contributed by atoms with Crippen molar-refractivity contribution in [2.75, 3.05) is 6.26 Å². The van der Waals surface area contributed by atoms with Crippen molar-refractivity contribution >= 4 is 23.3 Å². The summed E-state index contributed by atoms with van der Waals surface area (Å²) in [6, 6.07) is 8.12. The lowest BCUT2D eigenvalue weighted by Crippen LogP contribution is -2.52. The Morgan fingerprint density at radius 1 is 0.733 bits per heavy atom. The quantitative estimate of drug-likeness (QED) is 0.273. The van der Waals surface area contributed by atoms with Crippen LogP contribution in [0, 0.1) is 11.2 Å². The van der Waals surface area contributed by atoms with Gasteiger partial charge in [-0.1, -0.05) is 12.1 Å². The fourth-order valence-corrected chi connectivity index (χ4v) is 3.20. The number of carbonyl (C=O) groups is 2. The number of Topliss-reactive ketones (excluding diaryl/α,β-unsaturated/α-hetero) is 2. The van der Waals surface area contributed by atoms with Gasteiger partial charge in [-0.05, 0) is 42.7 Å². The van der Waals surface area contributed by atoms with Crippen LogP contribution in [0.15, 0.2) is 53.4 Å². The van der Waals surface area contributed by atoms with Crippen molar-refractivity contribution in [1.29, 1.82) is 0 Å². The maximum atomic E-state index is 13.7. The Hall–Kier alpha value is -2.36. The summed E-state index contributed by atoms with van der Waals surface area (Å²) in [6.45, 7) is 0. The number of hydrogen-bond donors (Lipinski definition) is 0. The van der Waals surface area contributed by atoms with Gasteiger partial charge in [-0.15, -0.1) is 11.8 Å². The molecule has 0 aliphatic rings. The largest absolute Gasteiger partial charge is 0.404 e. The zero-order chi connectivity index (χ0) is 22.7. The molecule has 0 saturated heterocycles. The molecule has 0 aliphatic heterocycles. The van der Waals surface area contributed by atoms with Crippen LogP contribution in [0.25, 0.3) is 0 Å². The van der Waals surface area contributed by atoms with E-state index in [2.05, 4.69) is 0 Å². The van der Waals surface area contributed by atoms with Gasteiger partial charge in [0.1, 0.15) is 5.82 Å². The summed E-state index contributed by atoms with van der Waals surface area (Å²) >= 11 is 1.28.